The van der Waals surface area contributed by atoms with Crippen molar-refractivity contribution in [2.45, 2.75) is 12.2 Å². The largest absolute Gasteiger partial charge is 0.506 e. The summed E-state index contributed by atoms with van der Waals surface area (Å²) >= 11 is 0. The smallest absolute Gasteiger partial charge is 0.330 e. The molecule has 0 amide bonds. The average Bonchev–Trinajstić information content (AvgIpc) is 2.87. The van der Waals surface area contributed by atoms with Gasteiger partial charge >= 0.3 is 10.2 Å². The number of benzene rings is 2. The van der Waals surface area contributed by atoms with Crippen LogP contribution in [-0.2, 0) is 32.4 Å². The molecule has 0 spiro atoms. The van der Waals surface area contributed by atoms with E-state index in [9.17, 15) is 27.0 Å². The summed E-state index contributed by atoms with van der Waals surface area (Å²) in [7, 11) is -7.50. The first-order chi connectivity index (χ1) is 13.2. The van der Waals surface area contributed by atoms with E-state index >= 15 is 0 Å². The van der Waals surface area contributed by atoms with Crippen LogP contribution >= 0.6 is 0 Å². The number of sulfonamides is 1. The fourth-order valence-electron chi connectivity index (χ4n) is 2.69. The van der Waals surface area contributed by atoms with E-state index in [1.165, 1.54) is 12.1 Å². The van der Waals surface area contributed by atoms with Gasteiger partial charge in [-0.3, -0.25) is 0 Å². The molecule has 2 aromatic carbocycles. The van der Waals surface area contributed by atoms with E-state index in [0.717, 1.165) is 6.20 Å². The fourth-order valence-corrected chi connectivity index (χ4v) is 4.91. The van der Waals surface area contributed by atoms with E-state index < -0.39 is 26.1 Å². The van der Waals surface area contributed by atoms with Crippen LogP contribution in [0.3, 0.4) is 0 Å². The number of anilines is 1. The molecule has 28 heavy (non-hydrogen) atoms. The van der Waals surface area contributed by atoms with Gasteiger partial charge in [-0.05, 0) is 29.7 Å². The zero-order valence-corrected chi connectivity index (χ0v) is 16.2. The summed E-state index contributed by atoms with van der Waals surface area (Å²) in [6.45, 7) is 0.123. The van der Waals surface area contributed by atoms with Crippen molar-refractivity contribution >= 4 is 25.9 Å². The lowest BCUT2D eigenvalue weighted by Crippen LogP contribution is -2.29. The van der Waals surface area contributed by atoms with Gasteiger partial charge in [0.1, 0.15) is 11.4 Å². The molecule has 0 unspecified atom stereocenters. The standard InChI is InChI=1S/C17H19N3O6S2/c21-16-10-13(6-7-15(16)20-11-17(22)19-28(20,25)26)8-9-18-27(23,24)12-14-4-2-1-3-5-14/h1-7,10-11,18-19,21-22H,8-9,12H2. The Balaban J connectivity index is 1.62. The minimum Gasteiger partial charge on any atom is -0.506 e. The van der Waals surface area contributed by atoms with Gasteiger partial charge in [0, 0.05) is 6.54 Å². The quantitative estimate of drug-likeness (QED) is 0.524. The van der Waals surface area contributed by atoms with Gasteiger partial charge in [0.25, 0.3) is 0 Å². The van der Waals surface area contributed by atoms with Gasteiger partial charge in [0.15, 0.2) is 0 Å². The number of nitrogens with zero attached hydrogens (tertiary/aromatic N) is 1. The monoisotopic (exact) mass is 425 g/mol. The Morgan fingerprint density at radius 2 is 1.75 bits per heavy atom. The fraction of sp³-hybridized carbons (Fsp3) is 0.176. The lowest BCUT2D eigenvalue weighted by atomic mass is 10.1. The molecule has 2 aromatic rings. The van der Waals surface area contributed by atoms with Gasteiger partial charge < -0.3 is 10.2 Å². The summed E-state index contributed by atoms with van der Waals surface area (Å²) in [5, 5.41) is 19.5. The average molecular weight is 425 g/mol. The molecule has 9 nitrogen and oxygen atoms in total. The van der Waals surface area contributed by atoms with E-state index in [2.05, 4.69) is 4.72 Å². The molecule has 1 heterocycles. The molecular formula is C17H19N3O6S2. The van der Waals surface area contributed by atoms with Crippen molar-refractivity contribution in [1.29, 1.82) is 0 Å². The predicted octanol–water partition coefficient (Wildman–Crippen LogP) is 1.07. The molecule has 0 bridgehead atoms. The lowest BCUT2D eigenvalue weighted by Gasteiger charge is -2.16. The molecule has 0 aromatic heterocycles. The highest BCUT2D eigenvalue weighted by atomic mass is 32.2. The Bertz CT molecular complexity index is 1100. The topological polar surface area (TPSA) is 136 Å². The summed E-state index contributed by atoms with van der Waals surface area (Å²) in [5.41, 5.74) is 1.25. The maximum Gasteiger partial charge on any atom is 0.330 e. The third-order valence-corrected chi connectivity index (χ3v) is 6.59. The molecule has 0 radical (unpaired) electrons. The molecule has 1 aliphatic heterocycles. The third-order valence-electron chi connectivity index (χ3n) is 3.94. The second-order valence-electron chi connectivity index (χ2n) is 6.13. The van der Waals surface area contributed by atoms with Crippen molar-refractivity contribution in [2.24, 2.45) is 0 Å². The van der Waals surface area contributed by atoms with Crippen molar-refractivity contribution in [3.05, 3.63) is 71.7 Å². The predicted molar refractivity (Wildman–Crippen MR) is 104 cm³/mol. The van der Waals surface area contributed by atoms with Crippen LogP contribution in [-0.4, -0.2) is 33.6 Å². The molecular weight excluding hydrogens is 406 g/mol. The van der Waals surface area contributed by atoms with Gasteiger partial charge in [0.2, 0.25) is 15.9 Å². The first-order valence-electron chi connectivity index (χ1n) is 8.22. The minimum atomic E-state index is -4.00. The molecule has 150 valence electrons. The number of aliphatic hydroxyl groups is 1. The Morgan fingerprint density at radius 3 is 2.36 bits per heavy atom. The van der Waals surface area contributed by atoms with Gasteiger partial charge in [-0.1, -0.05) is 36.4 Å². The van der Waals surface area contributed by atoms with Crippen molar-refractivity contribution in [2.75, 3.05) is 10.8 Å². The highest BCUT2D eigenvalue weighted by molar-refractivity contribution is 7.91. The minimum absolute atomic E-state index is 0.0371. The van der Waals surface area contributed by atoms with Crippen LogP contribution < -0.4 is 13.7 Å². The SMILES string of the molecule is O=S(=O)(Cc1ccccc1)NCCc1ccc(N2C=C(O)NS2(=O)=O)c(O)c1. The van der Waals surface area contributed by atoms with Crippen LogP contribution in [0.25, 0.3) is 0 Å². The highest BCUT2D eigenvalue weighted by Gasteiger charge is 2.30. The first-order valence-corrected chi connectivity index (χ1v) is 11.3. The van der Waals surface area contributed by atoms with Crippen LogP contribution in [0.5, 0.6) is 5.75 Å². The van der Waals surface area contributed by atoms with E-state index in [1.54, 1.807) is 36.4 Å². The maximum absolute atomic E-state index is 12.1. The van der Waals surface area contributed by atoms with Gasteiger partial charge in [-0.15, -0.1) is 0 Å². The maximum atomic E-state index is 12.1. The first kappa shape index (κ1) is 20.0. The Morgan fingerprint density at radius 1 is 1.04 bits per heavy atom. The number of phenolic OH excluding ortho intramolecular Hbond substituents is 1. The zero-order chi connectivity index (χ0) is 20.4. The Hall–Kier alpha value is -2.76. The molecule has 0 aliphatic carbocycles. The van der Waals surface area contributed by atoms with Gasteiger partial charge in [0.05, 0.1) is 12.0 Å². The van der Waals surface area contributed by atoms with E-state index in [4.69, 9.17) is 0 Å². The normalized spacial score (nSPS) is 15.9. The zero-order valence-electron chi connectivity index (χ0n) is 14.6. The Kier molecular flexibility index (Phi) is 5.49. The second-order valence-corrected chi connectivity index (χ2v) is 9.48. The summed E-state index contributed by atoms with van der Waals surface area (Å²) in [6, 6.07) is 13.1. The van der Waals surface area contributed by atoms with Crippen LogP contribution in [0.15, 0.2) is 60.6 Å². The summed E-state index contributed by atoms with van der Waals surface area (Å²) in [6.07, 6.45) is 1.23. The summed E-state index contributed by atoms with van der Waals surface area (Å²) < 4.78 is 53.0. The van der Waals surface area contributed by atoms with Crippen molar-refractivity contribution < 1.29 is 27.0 Å². The molecule has 0 fully saturated rings. The summed E-state index contributed by atoms with van der Waals surface area (Å²) in [4.78, 5) is 0. The van der Waals surface area contributed by atoms with Gasteiger partial charge in [-0.2, -0.15) is 8.42 Å². The van der Waals surface area contributed by atoms with Crippen LogP contribution in [0.4, 0.5) is 5.69 Å². The van der Waals surface area contributed by atoms with Crippen molar-refractivity contribution in [3.8, 4) is 5.75 Å². The molecule has 4 N–H and O–H groups in total. The van der Waals surface area contributed by atoms with Crippen LogP contribution in [0.2, 0.25) is 0 Å². The third kappa shape index (κ3) is 4.74. The number of aliphatic hydroxyl groups excluding tert-OH is 1. The van der Waals surface area contributed by atoms with E-state index in [-0.39, 0.29) is 23.7 Å². The molecule has 1 aliphatic rings. The summed E-state index contributed by atoms with van der Waals surface area (Å²) in [5.74, 6) is -1.01. The number of aromatic hydroxyl groups is 1. The lowest BCUT2D eigenvalue weighted by molar-refractivity contribution is 0.392. The molecule has 0 saturated heterocycles. The molecule has 3 rings (SSSR count). The van der Waals surface area contributed by atoms with E-state index in [1.807, 2.05) is 4.72 Å². The second kappa shape index (κ2) is 7.70. The number of nitrogens with one attached hydrogen (secondary N) is 2. The van der Waals surface area contributed by atoms with Gasteiger partial charge in [-0.25, -0.2) is 22.2 Å². The number of phenols is 1. The Labute approximate surface area is 163 Å². The van der Waals surface area contributed by atoms with Crippen LogP contribution in [0, 0.1) is 0 Å². The molecule has 11 heteroatoms. The molecule has 0 saturated carbocycles. The number of hydrogen-bond acceptors (Lipinski definition) is 6. The van der Waals surface area contributed by atoms with Crippen molar-refractivity contribution in [3.63, 3.8) is 0 Å². The van der Waals surface area contributed by atoms with Crippen LogP contribution in [0.1, 0.15) is 11.1 Å². The van der Waals surface area contributed by atoms with E-state index in [0.29, 0.717) is 21.9 Å². The number of hydrogen-bond donors (Lipinski definition) is 4. The highest BCUT2D eigenvalue weighted by Crippen LogP contribution is 2.32. The van der Waals surface area contributed by atoms with Crippen molar-refractivity contribution in [1.82, 2.24) is 9.44 Å². The molecule has 0 atom stereocenters. The number of rotatable bonds is 7.